The topological polar surface area (TPSA) is 44.8 Å². The molecule has 1 heterocycles. The molecule has 0 aromatic heterocycles. The number of rotatable bonds is 4. The van der Waals surface area contributed by atoms with Gasteiger partial charge >= 0.3 is 6.03 Å². The van der Waals surface area contributed by atoms with E-state index in [2.05, 4.69) is 16.3 Å². The molecule has 132 valence electrons. The second-order valence-electron chi connectivity index (χ2n) is 6.86. The highest BCUT2D eigenvalue weighted by atomic mass is 16.5. The van der Waals surface area contributed by atoms with Gasteiger partial charge in [-0.05, 0) is 18.9 Å². The Labute approximate surface area is 145 Å². The van der Waals surface area contributed by atoms with Crippen molar-refractivity contribution in [2.45, 2.75) is 44.7 Å². The lowest BCUT2D eigenvalue weighted by Gasteiger charge is -2.36. The molecule has 0 unspecified atom stereocenters. The van der Waals surface area contributed by atoms with E-state index in [1.165, 1.54) is 24.8 Å². The van der Waals surface area contributed by atoms with Gasteiger partial charge in [-0.2, -0.15) is 0 Å². The van der Waals surface area contributed by atoms with Gasteiger partial charge in [0.05, 0.1) is 7.11 Å². The van der Waals surface area contributed by atoms with Crippen LogP contribution < -0.4 is 10.1 Å². The van der Waals surface area contributed by atoms with Crippen molar-refractivity contribution in [2.24, 2.45) is 0 Å². The minimum atomic E-state index is 0.124. The Kier molecular flexibility index (Phi) is 5.96. The van der Waals surface area contributed by atoms with Gasteiger partial charge in [0.2, 0.25) is 0 Å². The van der Waals surface area contributed by atoms with Crippen LogP contribution in [0.15, 0.2) is 24.3 Å². The van der Waals surface area contributed by atoms with Gasteiger partial charge in [-0.1, -0.05) is 37.5 Å². The molecular weight excluding hydrogens is 302 g/mol. The molecule has 5 heteroatoms. The summed E-state index contributed by atoms with van der Waals surface area (Å²) in [7, 11) is 1.71. The Hall–Kier alpha value is -1.75. The molecule has 2 aliphatic rings. The molecule has 5 nitrogen and oxygen atoms in total. The molecule has 0 bridgehead atoms. The van der Waals surface area contributed by atoms with Crippen molar-refractivity contribution in [1.29, 1.82) is 0 Å². The van der Waals surface area contributed by atoms with Crippen molar-refractivity contribution in [2.75, 3.05) is 33.3 Å². The molecule has 0 spiro atoms. The summed E-state index contributed by atoms with van der Waals surface area (Å²) in [6.07, 6.45) is 6.09. The third-order valence-corrected chi connectivity index (χ3v) is 5.18. The quantitative estimate of drug-likeness (QED) is 0.923. The first-order valence-electron chi connectivity index (χ1n) is 9.16. The standard InChI is InChI=1S/C19H29N3O2/c1-24-18-10-6-5-7-16(18)15-21-11-13-22(14-12-21)19(23)20-17-8-3-2-4-9-17/h5-7,10,17H,2-4,8-9,11-15H2,1H3,(H,20,23). The van der Waals surface area contributed by atoms with Crippen LogP contribution in [0.25, 0.3) is 0 Å². The van der Waals surface area contributed by atoms with E-state index in [1.807, 2.05) is 23.1 Å². The fourth-order valence-corrected chi connectivity index (χ4v) is 3.70. The molecule has 2 amide bonds. The Morgan fingerprint density at radius 1 is 1.12 bits per heavy atom. The zero-order valence-corrected chi connectivity index (χ0v) is 14.7. The molecule has 1 aromatic carbocycles. The maximum Gasteiger partial charge on any atom is 0.317 e. The van der Waals surface area contributed by atoms with Crippen molar-refractivity contribution < 1.29 is 9.53 Å². The number of nitrogens with one attached hydrogen (secondary N) is 1. The average Bonchev–Trinajstić information content (AvgIpc) is 2.63. The molecule has 2 fully saturated rings. The number of ether oxygens (including phenoxy) is 1. The molecule has 1 aliphatic carbocycles. The molecule has 24 heavy (non-hydrogen) atoms. The lowest BCUT2D eigenvalue weighted by molar-refractivity contribution is 0.131. The van der Waals surface area contributed by atoms with Gasteiger partial charge < -0.3 is 15.0 Å². The predicted molar refractivity (Wildman–Crippen MR) is 95.2 cm³/mol. The maximum absolute atomic E-state index is 12.4. The van der Waals surface area contributed by atoms with Gasteiger partial charge in [0.25, 0.3) is 0 Å². The third kappa shape index (κ3) is 4.41. The van der Waals surface area contributed by atoms with E-state index < -0.39 is 0 Å². The minimum absolute atomic E-state index is 0.124. The van der Waals surface area contributed by atoms with E-state index in [0.717, 1.165) is 51.3 Å². The highest BCUT2D eigenvalue weighted by Gasteiger charge is 2.24. The summed E-state index contributed by atoms with van der Waals surface area (Å²) in [5.41, 5.74) is 1.21. The predicted octanol–water partition coefficient (Wildman–Crippen LogP) is 2.86. The van der Waals surface area contributed by atoms with Crippen LogP contribution >= 0.6 is 0 Å². The van der Waals surface area contributed by atoms with Crippen molar-refractivity contribution in [3.05, 3.63) is 29.8 Å². The number of benzene rings is 1. The van der Waals surface area contributed by atoms with Crippen LogP contribution in [0.2, 0.25) is 0 Å². The summed E-state index contributed by atoms with van der Waals surface area (Å²) in [5.74, 6) is 0.940. The van der Waals surface area contributed by atoms with E-state index >= 15 is 0 Å². The highest BCUT2D eigenvalue weighted by Crippen LogP contribution is 2.20. The van der Waals surface area contributed by atoms with E-state index in [1.54, 1.807) is 7.11 Å². The SMILES string of the molecule is COc1ccccc1CN1CCN(C(=O)NC2CCCCC2)CC1. The maximum atomic E-state index is 12.4. The number of carbonyl (C=O) groups excluding carboxylic acids is 1. The molecule has 1 aliphatic heterocycles. The van der Waals surface area contributed by atoms with E-state index in [0.29, 0.717) is 6.04 Å². The number of amides is 2. The summed E-state index contributed by atoms with van der Waals surface area (Å²) in [6.45, 7) is 4.30. The average molecular weight is 331 g/mol. The number of piperazine rings is 1. The largest absolute Gasteiger partial charge is 0.496 e. The molecule has 0 radical (unpaired) electrons. The van der Waals surface area contributed by atoms with Gasteiger partial charge in [-0.25, -0.2) is 4.79 Å². The minimum Gasteiger partial charge on any atom is -0.496 e. The first-order chi connectivity index (χ1) is 11.8. The summed E-state index contributed by atoms with van der Waals surface area (Å²) in [5, 5.41) is 3.22. The number of hydrogen-bond acceptors (Lipinski definition) is 3. The van der Waals surface area contributed by atoms with Crippen LogP contribution in [0.4, 0.5) is 4.79 Å². The lowest BCUT2D eigenvalue weighted by Crippen LogP contribution is -2.53. The summed E-state index contributed by atoms with van der Waals surface area (Å²) in [4.78, 5) is 16.8. The third-order valence-electron chi connectivity index (χ3n) is 5.18. The van der Waals surface area contributed by atoms with Gasteiger partial charge in [0.1, 0.15) is 5.75 Å². The fraction of sp³-hybridized carbons (Fsp3) is 0.632. The number of carbonyl (C=O) groups is 1. The monoisotopic (exact) mass is 331 g/mol. The van der Waals surface area contributed by atoms with Crippen molar-refractivity contribution in [3.63, 3.8) is 0 Å². The van der Waals surface area contributed by atoms with Crippen molar-refractivity contribution >= 4 is 6.03 Å². The zero-order valence-electron chi connectivity index (χ0n) is 14.7. The van der Waals surface area contributed by atoms with Crippen LogP contribution in [-0.2, 0) is 6.54 Å². The summed E-state index contributed by atoms with van der Waals surface area (Å²) in [6, 6.07) is 8.67. The Balaban J connectivity index is 1.46. The first kappa shape index (κ1) is 17.1. The van der Waals surface area contributed by atoms with Crippen LogP contribution in [0.5, 0.6) is 5.75 Å². The molecule has 1 saturated heterocycles. The Morgan fingerprint density at radius 2 is 1.83 bits per heavy atom. The van der Waals surface area contributed by atoms with Crippen LogP contribution in [-0.4, -0.2) is 55.2 Å². The second kappa shape index (κ2) is 8.38. The van der Waals surface area contributed by atoms with Crippen molar-refractivity contribution in [1.82, 2.24) is 15.1 Å². The molecule has 1 N–H and O–H groups in total. The van der Waals surface area contributed by atoms with E-state index in [9.17, 15) is 4.79 Å². The molecule has 1 aromatic rings. The normalized spacial score (nSPS) is 20.0. The highest BCUT2D eigenvalue weighted by molar-refractivity contribution is 5.74. The molecule has 1 saturated carbocycles. The number of hydrogen-bond donors (Lipinski definition) is 1. The number of methoxy groups -OCH3 is 1. The zero-order chi connectivity index (χ0) is 16.8. The van der Waals surface area contributed by atoms with Gasteiger partial charge in [-0.3, -0.25) is 4.90 Å². The number of urea groups is 1. The van der Waals surface area contributed by atoms with E-state index in [4.69, 9.17) is 4.74 Å². The van der Waals surface area contributed by atoms with Gasteiger partial charge in [-0.15, -0.1) is 0 Å². The van der Waals surface area contributed by atoms with Crippen LogP contribution in [0.1, 0.15) is 37.7 Å². The van der Waals surface area contributed by atoms with Gasteiger partial charge in [0, 0.05) is 44.3 Å². The second-order valence-corrected chi connectivity index (χ2v) is 6.86. The lowest BCUT2D eigenvalue weighted by atomic mass is 9.96. The first-order valence-corrected chi connectivity index (χ1v) is 9.16. The van der Waals surface area contributed by atoms with Crippen LogP contribution in [0.3, 0.4) is 0 Å². The van der Waals surface area contributed by atoms with Gasteiger partial charge in [0.15, 0.2) is 0 Å². The van der Waals surface area contributed by atoms with Crippen LogP contribution in [0, 0.1) is 0 Å². The number of para-hydroxylation sites is 1. The fourth-order valence-electron chi connectivity index (χ4n) is 3.70. The molecule has 0 atom stereocenters. The summed E-state index contributed by atoms with van der Waals surface area (Å²) < 4.78 is 5.43. The summed E-state index contributed by atoms with van der Waals surface area (Å²) >= 11 is 0. The molecular formula is C19H29N3O2. The number of nitrogens with zero attached hydrogens (tertiary/aromatic N) is 2. The van der Waals surface area contributed by atoms with Crippen molar-refractivity contribution in [3.8, 4) is 5.75 Å². The Morgan fingerprint density at radius 3 is 2.54 bits per heavy atom. The smallest absolute Gasteiger partial charge is 0.317 e. The van der Waals surface area contributed by atoms with E-state index in [-0.39, 0.29) is 6.03 Å². The molecule has 3 rings (SSSR count). The Bertz CT molecular complexity index is 535.